The third-order valence-electron chi connectivity index (χ3n) is 6.67. The number of rotatable bonds is 2. The SMILES string of the molecule is Cc1ncc(CN2CCC3(CC2)CC2(CO3)NC(=O)c3cc(Cl)ccc3N2)n1C. The standard InChI is InChI=1S/C21H26ClN5O2/c1-14-23-10-16(26(14)2)11-27-7-5-20(6-8-27)12-21(13-29-20)24-18-4-3-15(22)9-17(18)19(28)25-21/h3-4,9-10,24H,5-8,11-13H2,1-2H3,(H,25,28). The van der Waals surface area contributed by atoms with Crippen LogP contribution in [0.25, 0.3) is 0 Å². The van der Waals surface area contributed by atoms with E-state index >= 15 is 0 Å². The number of hydrogen-bond acceptors (Lipinski definition) is 5. The molecular weight excluding hydrogens is 390 g/mol. The number of imidazole rings is 1. The number of ether oxygens (including phenoxy) is 1. The molecule has 2 aromatic rings. The topological polar surface area (TPSA) is 71.4 Å². The van der Waals surface area contributed by atoms with Gasteiger partial charge in [0.1, 0.15) is 11.5 Å². The molecule has 29 heavy (non-hydrogen) atoms. The summed E-state index contributed by atoms with van der Waals surface area (Å²) >= 11 is 6.05. The van der Waals surface area contributed by atoms with Gasteiger partial charge in [-0.25, -0.2) is 4.98 Å². The molecule has 2 spiro atoms. The van der Waals surface area contributed by atoms with E-state index in [1.807, 2.05) is 25.3 Å². The fraction of sp³-hybridized carbons (Fsp3) is 0.524. The second-order valence-electron chi connectivity index (χ2n) is 8.63. The molecule has 0 radical (unpaired) electrons. The quantitative estimate of drug-likeness (QED) is 0.789. The third-order valence-corrected chi connectivity index (χ3v) is 6.91. The first-order valence-corrected chi connectivity index (χ1v) is 10.5. The number of benzene rings is 1. The summed E-state index contributed by atoms with van der Waals surface area (Å²) in [7, 11) is 2.06. The Bertz CT molecular complexity index is 966. The van der Waals surface area contributed by atoms with Gasteiger partial charge in [0.05, 0.1) is 23.5 Å². The summed E-state index contributed by atoms with van der Waals surface area (Å²) in [4.78, 5) is 19.5. The molecule has 7 nitrogen and oxygen atoms in total. The van der Waals surface area contributed by atoms with Crippen molar-refractivity contribution in [1.82, 2.24) is 19.8 Å². The smallest absolute Gasteiger partial charge is 0.255 e. The highest BCUT2D eigenvalue weighted by Crippen LogP contribution is 2.43. The van der Waals surface area contributed by atoms with Crippen LogP contribution in [0.4, 0.5) is 5.69 Å². The lowest BCUT2D eigenvalue weighted by molar-refractivity contribution is -0.0455. The second-order valence-corrected chi connectivity index (χ2v) is 9.07. The third kappa shape index (κ3) is 3.31. The van der Waals surface area contributed by atoms with E-state index in [-0.39, 0.29) is 11.5 Å². The molecule has 2 N–H and O–H groups in total. The minimum Gasteiger partial charge on any atom is -0.370 e. The lowest BCUT2D eigenvalue weighted by atomic mass is 9.84. The Morgan fingerprint density at radius 2 is 2.07 bits per heavy atom. The molecule has 0 aliphatic carbocycles. The molecule has 2 fully saturated rings. The number of aryl methyl sites for hydroxylation is 1. The number of carbonyl (C=O) groups excluding carboxylic acids is 1. The molecule has 1 amide bonds. The van der Waals surface area contributed by atoms with Gasteiger partial charge in [-0.3, -0.25) is 9.69 Å². The van der Waals surface area contributed by atoms with Crippen molar-refractivity contribution in [1.29, 1.82) is 0 Å². The van der Waals surface area contributed by atoms with Crippen molar-refractivity contribution in [3.63, 3.8) is 0 Å². The van der Waals surface area contributed by atoms with Crippen molar-refractivity contribution >= 4 is 23.2 Å². The predicted octanol–water partition coefficient (Wildman–Crippen LogP) is 2.69. The van der Waals surface area contributed by atoms with Crippen LogP contribution in [-0.2, 0) is 18.3 Å². The van der Waals surface area contributed by atoms with Crippen LogP contribution in [0.3, 0.4) is 0 Å². The van der Waals surface area contributed by atoms with Crippen molar-refractivity contribution in [2.24, 2.45) is 7.05 Å². The average molecular weight is 416 g/mol. The first-order valence-electron chi connectivity index (χ1n) is 10.1. The zero-order valence-corrected chi connectivity index (χ0v) is 17.6. The van der Waals surface area contributed by atoms with Gasteiger partial charge >= 0.3 is 0 Å². The van der Waals surface area contributed by atoms with Crippen LogP contribution in [0.2, 0.25) is 5.02 Å². The minimum atomic E-state index is -0.542. The summed E-state index contributed by atoms with van der Waals surface area (Å²) < 4.78 is 8.49. The molecule has 1 unspecified atom stereocenters. The van der Waals surface area contributed by atoms with Gasteiger partial charge in [-0.15, -0.1) is 0 Å². The van der Waals surface area contributed by atoms with Gasteiger partial charge in [0.25, 0.3) is 5.91 Å². The molecule has 3 aliphatic heterocycles. The lowest BCUT2D eigenvalue weighted by Gasteiger charge is -2.41. The van der Waals surface area contributed by atoms with E-state index < -0.39 is 5.66 Å². The van der Waals surface area contributed by atoms with E-state index in [1.165, 1.54) is 5.69 Å². The lowest BCUT2D eigenvalue weighted by Crippen LogP contribution is -2.59. The summed E-state index contributed by atoms with van der Waals surface area (Å²) in [5.41, 5.74) is 1.91. The highest BCUT2D eigenvalue weighted by Gasteiger charge is 2.53. The Kier molecular flexibility index (Phi) is 4.38. The Morgan fingerprint density at radius 3 is 2.79 bits per heavy atom. The molecule has 154 valence electrons. The van der Waals surface area contributed by atoms with Crippen molar-refractivity contribution in [2.75, 3.05) is 25.0 Å². The number of carbonyl (C=O) groups is 1. The highest BCUT2D eigenvalue weighted by atomic mass is 35.5. The Morgan fingerprint density at radius 1 is 1.28 bits per heavy atom. The van der Waals surface area contributed by atoms with Crippen molar-refractivity contribution in [3.05, 3.63) is 46.5 Å². The maximum atomic E-state index is 12.7. The van der Waals surface area contributed by atoms with E-state index in [4.69, 9.17) is 16.3 Å². The Balaban J connectivity index is 1.26. The van der Waals surface area contributed by atoms with Crippen LogP contribution < -0.4 is 10.6 Å². The minimum absolute atomic E-state index is 0.0917. The van der Waals surface area contributed by atoms with Gasteiger partial charge in [0.2, 0.25) is 0 Å². The van der Waals surface area contributed by atoms with Gasteiger partial charge in [-0.2, -0.15) is 0 Å². The van der Waals surface area contributed by atoms with Crippen LogP contribution in [0.5, 0.6) is 0 Å². The first kappa shape index (κ1) is 18.9. The zero-order chi connectivity index (χ0) is 20.2. The monoisotopic (exact) mass is 415 g/mol. The van der Waals surface area contributed by atoms with E-state index in [9.17, 15) is 4.79 Å². The summed E-state index contributed by atoms with van der Waals surface area (Å²) in [5.74, 6) is 0.946. The zero-order valence-electron chi connectivity index (χ0n) is 16.8. The second kappa shape index (κ2) is 6.72. The fourth-order valence-corrected chi connectivity index (χ4v) is 5.01. The van der Waals surface area contributed by atoms with Crippen molar-refractivity contribution in [2.45, 2.75) is 44.0 Å². The van der Waals surface area contributed by atoms with Crippen LogP contribution in [0.15, 0.2) is 24.4 Å². The number of piperidine rings is 1. The van der Waals surface area contributed by atoms with E-state index in [0.29, 0.717) is 17.2 Å². The molecule has 4 heterocycles. The van der Waals surface area contributed by atoms with Crippen molar-refractivity contribution in [3.8, 4) is 0 Å². The number of nitrogens with one attached hydrogen (secondary N) is 2. The van der Waals surface area contributed by atoms with Gasteiger partial charge in [-0.05, 0) is 38.0 Å². The van der Waals surface area contributed by atoms with Crippen LogP contribution in [0, 0.1) is 6.92 Å². The number of anilines is 1. The normalized spacial score (nSPS) is 25.8. The number of likely N-dealkylation sites (tertiary alicyclic amines) is 1. The van der Waals surface area contributed by atoms with Crippen LogP contribution in [0.1, 0.15) is 41.1 Å². The van der Waals surface area contributed by atoms with E-state index in [0.717, 1.165) is 50.4 Å². The molecule has 0 bridgehead atoms. The highest BCUT2D eigenvalue weighted by molar-refractivity contribution is 6.31. The summed E-state index contributed by atoms with van der Waals surface area (Å²) in [5, 5.41) is 7.23. The number of nitrogens with zero attached hydrogens (tertiary/aromatic N) is 3. The Labute approximate surface area is 175 Å². The summed E-state index contributed by atoms with van der Waals surface area (Å²) in [6.45, 7) is 5.35. The summed E-state index contributed by atoms with van der Waals surface area (Å²) in [6.07, 6.45) is 4.64. The van der Waals surface area contributed by atoms with E-state index in [2.05, 4.69) is 32.1 Å². The molecular formula is C21H26ClN5O2. The van der Waals surface area contributed by atoms with Crippen molar-refractivity contribution < 1.29 is 9.53 Å². The van der Waals surface area contributed by atoms with Gasteiger partial charge in [0.15, 0.2) is 0 Å². The Hall–Kier alpha value is -2.09. The van der Waals surface area contributed by atoms with Crippen LogP contribution >= 0.6 is 11.6 Å². The number of hydrogen-bond donors (Lipinski definition) is 2. The number of amides is 1. The van der Waals surface area contributed by atoms with E-state index in [1.54, 1.807) is 6.07 Å². The summed E-state index contributed by atoms with van der Waals surface area (Å²) in [6, 6.07) is 5.39. The van der Waals surface area contributed by atoms with Gasteiger partial charge < -0.3 is 19.9 Å². The maximum Gasteiger partial charge on any atom is 0.255 e. The van der Waals surface area contributed by atoms with Gasteiger partial charge in [0, 0.05) is 50.0 Å². The predicted molar refractivity (Wildman–Crippen MR) is 111 cm³/mol. The maximum absolute atomic E-state index is 12.7. The number of aromatic nitrogens is 2. The molecule has 3 aliphatic rings. The molecule has 1 aromatic heterocycles. The molecule has 2 saturated heterocycles. The first-order chi connectivity index (χ1) is 13.9. The van der Waals surface area contributed by atoms with Gasteiger partial charge in [-0.1, -0.05) is 11.6 Å². The molecule has 1 aromatic carbocycles. The largest absolute Gasteiger partial charge is 0.370 e. The fourth-order valence-electron chi connectivity index (χ4n) is 4.84. The number of halogens is 1. The number of fused-ring (bicyclic) bond motifs is 1. The molecule has 5 rings (SSSR count). The molecule has 1 atom stereocenters. The average Bonchev–Trinajstić information content (AvgIpc) is 3.19. The van der Waals surface area contributed by atoms with Crippen LogP contribution in [-0.4, -0.2) is 51.3 Å². The molecule has 0 saturated carbocycles. The molecule has 8 heteroatoms.